The zero-order chi connectivity index (χ0) is 13.5. The number of rotatable bonds is 7. The highest BCUT2D eigenvalue weighted by Gasteiger charge is 2.11. The van der Waals surface area contributed by atoms with Crippen LogP contribution in [-0.2, 0) is 9.59 Å². The molecule has 0 aliphatic carbocycles. The van der Waals surface area contributed by atoms with Gasteiger partial charge in [-0.3, -0.25) is 9.59 Å². The quantitative estimate of drug-likeness (QED) is 0.773. The smallest absolute Gasteiger partial charge is 0.305 e. The van der Waals surface area contributed by atoms with Crippen molar-refractivity contribution in [3.63, 3.8) is 0 Å². The minimum Gasteiger partial charge on any atom is -0.481 e. The van der Waals surface area contributed by atoms with Crippen LogP contribution in [0.5, 0.6) is 0 Å². The van der Waals surface area contributed by atoms with Crippen molar-refractivity contribution < 1.29 is 24.2 Å². The Kier molecular flexibility index (Phi) is 5.10. The number of carbonyl (C=O) groups is 2. The van der Waals surface area contributed by atoms with E-state index in [0.717, 1.165) is 0 Å². The first-order valence-electron chi connectivity index (χ1n) is 5.43. The third kappa shape index (κ3) is 4.82. The van der Waals surface area contributed by atoms with Crippen molar-refractivity contribution >= 4 is 17.6 Å². The predicted octanol–water partition coefficient (Wildman–Crippen LogP) is 1.58. The van der Waals surface area contributed by atoms with Gasteiger partial charge in [-0.25, -0.2) is 4.39 Å². The molecule has 0 aromatic heterocycles. The standard InChI is InChI=1S/C12H14FNO4/c13-9-2-1-3-10(8-9)14(6-4-11(15)16)7-5-12(17)18/h1-3,8H,4-7H2,(H,15,16)(H,17,18). The van der Waals surface area contributed by atoms with Crippen molar-refractivity contribution in [2.45, 2.75) is 12.8 Å². The molecule has 0 saturated carbocycles. The van der Waals surface area contributed by atoms with Crippen molar-refractivity contribution in [1.29, 1.82) is 0 Å². The van der Waals surface area contributed by atoms with Gasteiger partial charge < -0.3 is 15.1 Å². The number of benzene rings is 1. The second-order valence-electron chi connectivity index (χ2n) is 3.75. The summed E-state index contributed by atoms with van der Waals surface area (Å²) in [7, 11) is 0. The summed E-state index contributed by atoms with van der Waals surface area (Å²) in [6.07, 6.45) is -0.258. The Morgan fingerprint density at radius 1 is 1.11 bits per heavy atom. The average molecular weight is 255 g/mol. The number of hydrogen-bond donors (Lipinski definition) is 2. The molecular weight excluding hydrogens is 241 g/mol. The van der Waals surface area contributed by atoms with Crippen LogP contribution in [0.4, 0.5) is 10.1 Å². The lowest BCUT2D eigenvalue weighted by Crippen LogP contribution is -2.28. The van der Waals surface area contributed by atoms with Crippen molar-refractivity contribution in [3.8, 4) is 0 Å². The van der Waals surface area contributed by atoms with Crippen LogP contribution in [0.3, 0.4) is 0 Å². The first-order valence-corrected chi connectivity index (χ1v) is 5.43. The van der Waals surface area contributed by atoms with Crippen LogP contribution in [0.2, 0.25) is 0 Å². The Hall–Kier alpha value is -2.11. The third-order valence-electron chi connectivity index (χ3n) is 2.36. The molecule has 0 heterocycles. The number of carboxylic acids is 2. The molecule has 18 heavy (non-hydrogen) atoms. The molecule has 98 valence electrons. The van der Waals surface area contributed by atoms with Gasteiger partial charge in [-0.1, -0.05) is 6.07 Å². The van der Waals surface area contributed by atoms with E-state index < -0.39 is 17.8 Å². The van der Waals surface area contributed by atoms with E-state index in [0.29, 0.717) is 5.69 Å². The number of carboxylic acid groups (broad SMARTS) is 2. The highest BCUT2D eigenvalue weighted by Crippen LogP contribution is 2.16. The van der Waals surface area contributed by atoms with E-state index in [9.17, 15) is 14.0 Å². The molecule has 1 aromatic rings. The lowest BCUT2D eigenvalue weighted by atomic mass is 10.2. The van der Waals surface area contributed by atoms with Gasteiger partial charge in [0.25, 0.3) is 0 Å². The Morgan fingerprint density at radius 3 is 2.11 bits per heavy atom. The van der Waals surface area contributed by atoms with Gasteiger partial charge in [-0.2, -0.15) is 0 Å². The van der Waals surface area contributed by atoms with Gasteiger partial charge in [-0.15, -0.1) is 0 Å². The van der Waals surface area contributed by atoms with Crippen LogP contribution < -0.4 is 4.90 Å². The normalized spacial score (nSPS) is 10.1. The maximum Gasteiger partial charge on any atom is 0.305 e. The van der Waals surface area contributed by atoms with E-state index in [1.54, 1.807) is 11.0 Å². The molecule has 0 fully saturated rings. The maximum absolute atomic E-state index is 13.1. The molecular formula is C12H14FNO4. The van der Waals surface area contributed by atoms with Crippen molar-refractivity contribution in [2.24, 2.45) is 0 Å². The minimum atomic E-state index is -0.980. The van der Waals surface area contributed by atoms with Gasteiger partial charge >= 0.3 is 11.9 Å². The summed E-state index contributed by atoms with van der Waals surface area (Å²) in [5, 5.41) is 17.2. The Morgan fingerprint density at radius 2 is 1.67 bits per heavy atom. The van der Waals surface area contributed by atoms with E-state index >= 15 is 0 Å². The molecule has 1 aromatic carbocycles. The van der Waals surface area contributed by atoms with Crippen LogP contribution in [-0.4, -0.2) is 35.2 Å². The van der Waals surface area contributed by atoms with E-state index in [2.05, 4.69) is 0 Å². The Labute approximate surface area is 103 Å². The van der Waals surface area contributed by atoms with Gasteiger partial charge in [0, 0.05) is 18.8 Å². The first-order chi connectivity index (χ1) is 8.49. The second-order valence-corrected chi connectivity index (χ2v) is 3.75. The molecule has 0 radical (unpaired) electrons. The van der Waals surface area contributed by atoms with E-state index in [-0.39, 0.29) is 25.9 Å². The summed E-state index contributed by atoms with van der Waals surface area (Å²) >= 11 is 0. The number of anilines is 1. The molecule has 1 rings (SSSR count). The highest BCUT2D eigenvalue weighted by atomic mass is 19.1. The minimum absolute atomic E-state index is 0.129. The fraction of sp³-hybridized carbons (Fsp3) is 0.333. The summed E-state index contributed by atoms with van der Waals surface area (Å²) in [5.74, 6) is -2.40. The van der Waals surface area contributed by atoms with Crippen molar-refractivity contribution in [2.75, 3.05) is 18.0 Å². The monoisotopic (exact) mass is 255 g/mol. The van der Waals surface area contributed by atoms with Crippen LogP contribution in [0.15, 0.2) is 24.3 Å². The van der Waals surface area contributed by atoms with Crippen LogP contribution >= 0.6 is 0 Å². The van der Waals surface area contributed by atoms with Crippen LogP contribution in [0, 0.1) is 5.82 Å². The van der Waals surface area contributed by atoms with Crippen LogP contribution in [0.1, 0.15) is 12.8 Å². The maximum atomic E-state index is 13.1. The van der Waals surface area contributed by atoms with Gasteiger partial charge in [0.2, 0.25) is 0 Å². The number of halogens is 1. The van der Waals surface area contributed by atoms with Gasteiger partial charge in [0.05, 0.1) is 12.8 Å². The summed E-state index contributed by atoms with van der Waals surface area (Å²) in [4.78, 5) is 22.6. The average Bonchev–Trinajstić information content (AvgIpc) is 2.28. The third-order valence-corrected chi connectivity index (χ3v) is 2.36. The molecule has 0 bridgehead atoms. The lowest BCUT2D eigenvalue weighted by Gasteiger charge is -2.23. The van der Waals surface area contributed by atoms with Gasteiger partial charge in [0.1, 0.15) is 5.82 Å². The largest absolute Gasteiger partial charge is 0.481 e. The SMILES string of the molecule is O=C(O)CCN(CCC(=O)O)c1cccc(F)c1. The number of aliphatic carboxylic acids is 2. The zero-order valence-electron chi connectivity index (χ0n) is 9.67. The van der Waals surface area contributed by atoms with Gasteiger partial charge in [-0.05, 0) is 18.2 Å². The van der Waals surface area contributed by atoms with Gasteiger partial charge in [0.15, 0.2) is 0 Å². The predicted molar refractivity (Wildman–Crippen MR) is 63.1 cm³/mol. The first kappa shape index (κ1) is 14.0. The Bertz CT molecular complexity index is 418. The highest BCUT2D eigenvalue weighted by molar-refractivity contribution is 5.69. The molecule has 0 amide bonds. The van der Waals surface area contributed by atoms with Crippen molar-refractivity contribution in [3.05, 3.63) is 30.1 Å². The fourth-order valence-electron chi connectivity index (χ4n) is 1.50. The molecule has 5 nitrogen and oxygen atoms in total. The summed E-state index contributed by atoms with van der Waals surface area (Å²) in [6, 6.07) is 5.64. The molecule has 0 spiro atoms. The number of hydrogen-bond acceptors (Lipinski definition) is 3. The van der Waals surface area contributed by atoms with Crippen LogP contribution in [0.25, 0.3) is 0 Å². The zero-order valence-corrected chi connectivity index (χ0v) is 9.67. The summed E-state index contributed by atoms with van der Waals surface area (Å²) in [5.41, 5.74) is 0.484. The molecule has 2 N–H and O–H groups in total. The molecule has 0 atom stereocenters. The molecule has 0 aliphatic rings. The fourth-order valence-corrected chi connectivity index (χ4v) is 1.50. The molecule has 0 aliphatic heterocycles. The second kappa shape index (κ2) is 6.58. The summed E-state index contributed by atoms with van der Waals surface area (Å²) in [6.45, 7) is 0.290. The summed E-state index contributed by atoms with van der Waals surface area (Å²) < 4.78 is 13.1. The van der Waals surface area contributed by atoms with E-state index in [4.69, 9.17) is 10.2 Å². The Balaban J connectivity index is 2.75. The molecule has 6 heteroatoms. The lowest BCUT2D eigenvalue weighted by molar-refractivity contribution is -0.137. The van der Waals surface area contributed by atoms with E-state index in [1.165, 1.54) is 18.2 Å². The number of nitrogens with zero attached hydrogens (tertiary/aromatic N) is 1. The van der Waals surface area contributed by atoms with E-state index in [1.807, 2.05) is 0 Å². The topological polar surface area (TPSA) is 77.8 Å². The molecule has 0 unspecified atom stereocenters. The van der Waals surface area contributed by atoms with Crippen molar-refractivity contribution in [1.82, 2.24) is 0 Å². The molecule has 0 saturated heterocycles.